The minimum Gasteiger partial charge on any atom is -0.394 e. The number of aliphatic hydroxyl groups excluding tert-OH is 4. The first-order chi connectivity index (χ1) is 7.31. The summed E-state index contributed by atoms with van der Waals surface area (Å²) >= 11 is 0. The van der Waals surface area contributed by atoms with E-state index in [0.29, 0.717) is 0 Å². The van der Waals surface area contributed by atoms with Gasteiger partial charge in [0.1, 0.15) is 32.0 Å². The van der Waals surface area contributed by atoms with Gasteiger partial charge < -0.3 is 30.5 Å². The molecular weight excluding hydrogens is 206 g/mol. The second-order valence-corrected chi connectivity index (χ2v) is 3.03. The quantitative estimate of drug-likeness (QED) is 0.301. The number of aliphatic hydroxyl groups is 4. The monoisotopic (exact) mass is 222 g/mol. The molecule has 0 unspecified atom stereocenters. The van der Waals surface area contributed by atoms with E-state index in [0.717, 1.165) is 6.92 Å². The highest BCUT2D eigenvalue weighted by Crippen LogP contribution is 2.03. The van der Waals surface area contributed by atoms with Crippen LogP contribution in [0.5, 0.6) is 0 Å². The van der Waals surface area contributed by atoms with Crippen molar-refractivity contribution in [2.24, 2.45) is 0 Å². The number of amides is 1. The largest absolute Gasteiger partial charge is 0.394 e. The molecule has 0 aliphatic carbocycles. The van der Waals surface area contributed by atoms with E-state index in [4.69, 9.17) is 11.6 Å². The van der Waals surface area contributed by atoms with E-state index in [1.54, 1.807) is 0 Å². The zero-order valence-corrected chi connectivity index (χ0v) is 8.12. The average molecular weight is 222 g/mol. The highest BCUT2D eigenvalue weighted by atomic mass is 16.4. The van der Waals surface area contributed by atoms with E-state index in [-0.39, 0.29) is 0 Å². The van der Waals surface area contributed by atoms with E-state index in [1.807, 2.05) is 5.32 Å². The summed E-state index contributed by atoms with van der Waals surface area (Å²) in [7, 11) is 0. The lowest BCUT2D eigenvalue weighted by Crippen LogP contribution is -2.53. The van der Waals surface area contributed by atoms with E-state index < -0.39 is 43.1 Å². The van der Waals surface area contributed by atoms with Gasteiger partial charge in [0, 0.05) is 6.92 Å². The Morgan fingerprint density at radius 1 is 1.47 bits per heavy atom. The van der Waals surface area contributed by atoms with Gasteiger partial charge in [0.25, 0.3) is 0 Å². The van der Waals surface area contributed by atoms with Crippen molar-refractivity contribution >= 4 is 12.2 Å². The summed E-state index contributed by atoms with van der Waals surface area (Å²) in [5.74, 6) is -0.671. The third-order valence-corrected chi connectivity index (χ3v) is 1.76. The zero-order valence-electron chi connectivity index (χ0n) is 9.12. The molecule has 4 atom stereocenters. The number of aldehydes is 1. The lowest BCUT2D eigenvalue weighted by Gasteiger charge is -2.25. The minimum atomic E-state index is -1.86. The van der Waals surface area contributed by atoms with Gasteiger partial charge in [-0.05, 0) is 0 Å². The first kappa shape index (κ1) is 12.1. The normalized spacial score (nSPS) is 19.7. The molecule has 0 saturated carbocycles. The van der Waals surface area contributed by atoms with Crippen LogP contribution in [0.15, 0.2) is 0 Å². The Morgan fingerprint density at radius 3 is 2.33 bits per heavy atom. The number of nitrogens with one attached hydrogen (secondary N) is 1. The molecule has 0 bridgehead atoms. The van der Waals surface area contributed by atoms with Crippen LogP contribution in [0.1, 0.15) is 8.29 Å². The van der Waals surface area contributed by atoms with Gasteiger partial charge in [-0.3, -0.25) is 4.79 Å². The Labute approximate surface area is 87.7 Å². The van der Waals surface area contributed by atoms with Crippen LogP contribution in [0.4, 0.5) is 0 Å². The minimum absolute atomic E-state index is 0.671. The molecule has 0 spiro atoms. The summed E-state index contributed by atoms with van der Waals surface area (Å²) in [6, 6.07) is -1.64. The number of rotatable bonds is 6. The average Bonchev–Trinajstić information content (AvgIpc) is 2.22. The molecule has 0 aliphatic rings. The molecule has 0 rings (SSSR count). The summed E-state index contributed by atoms with van der Waals surface area (Å²) in [6.45, 7) is 0.245. The Balaban J connectivity index is 4.66. The van der Waals surface area contributed by atoms with Gasteiger partial charge >= 0.3 is 0 Å². The second kappa shape index (κ2) is 6.46. The number of carbonyl (C=O) groups is 2. The van der Waals surface area contributed by atoms with E-state index >= 15 is 0 Å². The van der Waals surface area contributed by atoms with Gasteiger partial charge in [0.15, 0.2) is 0 Å². The predicted octanol–water partition coefficient (Wildman–Crippen LogP) is -3.23. The van der Waals surface area contributed by atoms with Gasteiger partial charge in [-0.15, -0.1) is 0 Å². The highest BCUT2D eigenvalue weighted by molar-refractivity contribution is 5.77. The summed E-state index contributed by atoms with van der Waals surface area (Å²) in [5.41, 5.74) is 0. The Hall–Kier alpha value is -1.02. The first-order valence-electron chi connectivity index (χ1n) is 4.73. The van der Waals surface area contributed by atoms with Crippen molar-refractivity contribution in [1.29, 1.82) is 0 Å². The number of hydrogen-bond acceptors (Lipinski definition) is 6. The highest BCUT2D eigenvalue weighted by Gasteiger charge is 2.31. The number of hydrogen-bond donors (Lipinski definition) is 5. The molecule has 0 heterocycles. The molecule has 0 aliphatic heterocycles. The van der Waals surface area contributed by atoms with Crippen molar-refractivity contribution in [3.8, 4) is 0 Å². The molecule has 7 nitrogen and oxygen atoms in total. The Bertz CT molecular complexity index is 261. The third-order valence-electron chi connectivity index (χ3n) is 1.76. The van der Waals surface area contributed by atoms with E-state index in [9.17, 15) is 19.8 Å². The Kier molecular flexibility index (Phi) is 5.19. The molecule has 0 aromatic carbocycles. The standard InChI is InChI=1S/C8H15NO6/c1-4(12)9-5(2-10)7(14)8(15)6(13)3-11/h2,5-8,11,13-15H,3H2,1H3,(H,9,12)/t5-,6+,7+,8+/m0/s1/i2D. The van der Waals surface area contributed by atoms with Crippen molar-refractivity contribution in [3.63, 3.8) is 0 Å². The van der Waals surface area contributed by atoms with Crippen LogP contribution in [0.3, 0.4) is 0 Å². The van der Waals surface area contributed by atoms with Gasteiger partial charge in [0.2, 0.25) is 5.91 Å². The fourth-order valence-corrected chi connectivity index (χ4v) is 0.936. The van der Waals surface area contributed by atoms with Crippen molar-refractivity contribution in [2.45, 2.75) is 31.3 Å². The smallest absolute Gasteiger partial charge is 0.217 e. The van der Waals surface area contributed by atoms with Gasteiger partial charge in [-0.25, -0.2) is 0 Å². The molecule has 0 radical (unpaired) electrons. The van der Waals surface area contributed by atoms with Crippen molar-refractivity contribution < 1.29 is 31.4 Å². The maximum Gasteiger partial charge on any atom is 0.217 e. The lowest BCUT2D eigenvalue weighted by atomic mass is 10.0. The van der Waals surface area contributed by atoms with E-state index in [1.165, 1.54) is 0 Å². The van der Waals surface area contributed by atoms with Crippen LogP contribution in [0.2, 0.25) is 0 Å². The van der Waals surface area contributed by atoms with Crippen molar-refractivity contribution in [2.75, 3.05) is 6.61 Å². The molecule has 15 heavy (non-hydrogen) atoms. The van der Waals surface area contributed by atoms with Crippen LogP contribution in [0.25, 0.3) is 0 Å². The summed E-state index contributed by atoms with van der Waals surface area (Å²) in [5, 5.41) is 38.2. The van der Waals surface area contributed by atoms with Crippen LogP contribution in [0, 0.1) is 0 Å². The zero-order chi connectivity index (χ0) is 12.9. The van der Waals surface area contributed by atoms with E-state index in [2.05, 4.69) is 0 Å². The maximum absolute atomic E-state index is 10.8. The van der Waals surface area contributed by atoms with Gasteiger partial charge in [-0.1, -0.05) is 0 Å². The van der Waals surface area contributed by atoms with Crippen LogP contribution in [-0.2, 0) is 9.59 Å². The van der Waals surface area contributed by atoms with Crippen LogP contribution >= 0.6 is 0 Å². The lowest BCUT2D eigenvalue weighted by molar-refractivity contribution is -0.129. The molecule has 88 valence electrons. The molecule has 0 fully saturated rings. The van der Waals surface area contributed by atoms with Crippen molar-refractivity contribution in [1.82, 2.24) is 5.32 Å². The summed E-state index contributed by atoms with van der Waals surface area (Å²) < 4.78 is 6.78. The fourth-order valence-electron chi connectivity index (χ4n) is 0.936. The van der Waals surface area contributed by atoms with Crippen LogP contribution < -0.4 is 5.32 Å². The first-order valence-corrected chi connectivity index (χ1v) is 4.23. The van der Waals surface area contributed by atoms with Gasteiger partial charge in [-0.2, -0.15) is 0 Å². The summed E-state index contributed by atoms with van der Waals surface area (Å²) in [4.78, 5) is 21.4. The molecule has 5 N–H and O–H groups in total. The molecule has 7 heteroatoms. The second-order valence-electron chi connectivity index (χ2n) is 3.03. The fraction of sp³-hybridized carbons (Fsp3) is 0.750. The van der Waals surface area contributed by atoms with Crippen LogP contribution in [-0.4, -0.2) is 63.6 Å². The summed E-state index contributed by atoms with van der Waals surface area (Å²) in [6.07, 6.45) is -6.68. The molecule has 0 saturated heterocycles. The third kappa shape index (κ3) is 4.34. The number of carbonyl (C=O) groups excluding carboxylic acids is 2. The van der Waals surface area contributed by atoms with Gasteiger partial charge in [0.05, 0.1) is 6.61 Å². The molecule has 0 aromatic heterocycles. The molecular formula is C8H15NO6. The molecule has 1 amide bonds. The SMILES string of the molecule is [2H]C(=O)[C@H](NC(C)=O)[C@@H](O)[C@H](O)[C@H](O)CO. The predicted molar refractivity (Wildman–Crippen MR) is 48.8 cm³/mol. The van der Waals surface area contributed by atoms with Crippen molar-refractivity contribution in [3.05, 3.63) is 0 Å². The molecule has 0 aromatic rings. The Morgan fingerprint density at radius 2 is 2.00 bits per heavy atom. The maximum atomic E-state index is 10.8. The topological polar surface area (TPSA) is 127 Å².